The van der Waals surface area contributed by atoms with E-state index in [1.807, 2.05) is 62.7 Å². The summed E-state index contributed by atoms with van der Waals surface area (Å²) < 4.78 is 1.68. The molecule has 0 aliphatic heterocycles. The lowest BCUT2D eigenvalue weighted by Gasteiger charge is -2.18. The predicted molar refractivity (Wildman–Crippen MR) is 123 cm³/mol. The van der Waals surface area contributed by atoms with Crippen molar-refractivity contribution >= 4 is 39.9 Å². The van der Waals surface area contributed by atoms with Gasteiger partial charge in [0.2, 0.25) is 5.91 Å². The Morgan fingerprint density at radius 2 is 1.90 bits per heavy atom. The first-order valence-electron chi connectivity index (χ1n) is 9.83. The predicted octanol–water partition coefficient (Wildman–Crippen LogP) is 4.02. The minimum Gasteiger partial charge on any atom is -0.332 e. The number of amides is 2. The quantitative estimate of drug-likeness (QED) is 0.515. The highest BCUT2D eigenvalue weighted by atomic mass is 32.1. The number of hydrogen-bond acceptors (Lipinski definition) is 5. The van der Waals surface area contributed by atoms with Crippen LogP contribution < -0.4 is 5.32 Å². The van der Waals surface area contributed by atoms with E-state index in [0.717, 1.165) is 16.1 Å². The van der Waals surface area contributed by atoms with Gasteiger partial charge in [-0.15, -0.1) is 11.3 Å². The van der Waals surface area contributed by atoms with Crippen molar-refractivity contribution in [3.05, 3.63) is 64.7 Å². The van der Waals surface area contributed by atoms with Crippen LogP contribution in [0.25, 0.3) is 21.6 Å². The molecular formula is C23H23N5O2S. The van der Waals surface area contributed by atoms with Crippen molar-refractivity contribution < 1.29 is 9.59 Å². The lowest BCUT2D eigenvalue weighted by molar-refractivity contribution is -0.116. The number of nitrogens with one attached hydrogen (secondary N) is 1. The van der Waals surface area contributed by atoms with E-state index in [1.54, 1.807) is 29.1 Å². The van der Waals surface area contributed by atoms with E-state index in [4.69, 9.17) is 4.98 Å². The summed E-state index contributed by atoms with van der Waals surface area (Å²) in [6.45, 7) is 3.78. The lowest BCUT2D eigenvalue weighted by Crippen LogP contribution is -2.35. The number of nitrogens with zero attached hydrogens (tertiary/aromatic N) is 4. The first kappa shape index (κ1) is 20.7. The summed E-state index contributed by atoms with van der Waals surface area (Å²) in [5, 5.41) is 9.96. The normalized spacial score (nSPS) is 11.0. The first-order chi connectivity index (χ1) is 14.8. The van der Waals surface area contributed by atoms with Gasteiger partial charge in [-0.3, -0.25) is 14.3 Å². The summed E-state index contributed by atoms with van der Waals surface area (Å²) in [5.74, 6) is -0.508. The summed E-state index contributed by atoms with van der Waals surface area (Å²) in [5.41, 5.74) is 4.38. The highest BCUT2D eigenvalue weighted by Crippen LogP contribution is 2.29. The molecule has 2 amide bonds. The Morgan fingerprint density at radius 3 is 2.58 bits per heavy atom. The largest absolute Gasteiger partial charge is 0.332 e. The number of carbonyl (C=O) groups excluding carboxylic acids is 2. The number of aromatic nitrogens is 3. The molecule has 0 saturated carbocycles. The average Bonchev–Trinajstić information content (AvgIpc) is 3.37. The molecule has 0 unspecified atom stereocenters. The van der Waals surface area contributed by atoms with E-state index in [2.05, 4.69) is 10.4 Å². The number of hydrogen-bond donors (Lipinski definition) is 1. The van der Waals surface area contributed by atoms with E-state index in [0.29, 0.717) is 28.0 Å². The molecule has 0 aliphatic rings. The third-order valence-electron chi connectivity index (χ3n) is 5.04. The van der Waals surface area contributed by atoms with Gasteiger partial charge in [-0.2, -0.15) is 5.10 Å². The molecule has 0 spiro atoms. The minimum atomic E-state index is -0.258. The fourth-order valence-corrected chi connectivity index (χ4v) is 4.18. The van der Waals surface area contributed by atoms with E-state index >= 15 is 0 Å². The number of rotatable bonds is 5. The Kier molecular flexibility index (Phi) is 5.56. The van der Waals surface area contributed by atoms with Gasteiger partial charge in [-0.1, -0.05) is 23.8 Å². The van der Waals surface area contributed by atoms with Crippen LogP contribution in [0.3, 0.4) is 0 Å². The first-order valence-corrected chi connectivity index (χ1v) is 10.7. The zero-order valence-electron chi connectivity index (χ0n) is 17.8. The molecule has 0 aliphatic carbocycles. The fraction of sp³-hybridized carbons (Fsp3) is 0.217. The van der Waals surface area contributed by atoms with Crippen molar-refractivity contribution in [1.82, 2.24) is 19.7 Å². The van der Waals surface area contributed by atoms with Crippen molar-refractivity contribution in [2.75, 3.05) is 18.9 Å². The molecule has 0 radical (unpaired) electrons. The Bertz CT molecular complexity index is 1260. The van der Waals surface area contributed by atoms with Crippen LogP contribution in [0.1, 0.15) is 21.6 Å². The van der Waals surface area contributed by atoms with Crippen LogP contribution in [0.15, 0.2) is 47.8 Å². The second-order valence-corrected chi connectivity index (χ2v) is 8.46. The molecule has 8 heteroatoms. The summed E-state index contributed by atoms with van der Waals surface area (Å²) in [4.78, 5) is 33.0. The van der Waals surface area contributed by atoms with Crippen LogP contribution in [-0.2, 0) is 11.8 Å². The van der Waals surface area contributed by atoms with Gasteiger partial charge in [0.1, 0.15) is 0 Å². The van der Waals surface area contributed by atoms with Gasteiger partial charge in [-0.25, -0.2) is 4.98 Å². The Hall–Kier alpha value is -3.52. The SMILES string of the molecule is Cc1ccc(NC(=O)CN(C)C(=O)c2cc(-c3cccs3)nc3c2c(C)nn3C)cc1. The topological polar surface area (TPSA) is 80.1 Å². The number of likely N-dealkylation sites (N-methyl/N-ethyl adjacent to an activating group) is 1. The van der Waals surface area contributed by atoms with E-state index in [1.165, 1.54) is 4.90 Å². The molecule has 4 aromatic rings. The molecule has 31 heavy (non-hydrogen) atoms. The van der Waals surface area contributed by atoms with Crippen LogP contribution in [0, 0.1) is 13.8 Å². The Balaban J connectivity index is 1.63. The van der Waals surface area contributed by atoms with Crippen molar-refractivity contribution in [2.45, 2.75) is 13.8 Å². The zero-order valence-corrected chi connectivity index (χ0v) is 18.7. The van der Waals surface area contributed by atoms with Gasteiger partial charge >= 0.3 is 0 Å². The van der Waals surface area contributed by atoms with Gasteiger partial charge in [0.15, 0.2) is 5.65 Å². The molecule has 0 saturated heterocycles. The number of carbonyl (C=O) groups is 2. The molecule has 4 rings (SSSR count). The minimum absolute atomic E-state index is 0.0653. The number of aryl methyl sites for hydroxylation is 3. The number of thiophene rings is 1. The van der Waals surface area contributed by atoms with Crippen LogP contribution in [0.4, 0.5) is 5.69 Å². The van der Waals surface area contributed by atoms with Crippen LogP contribution in [0.5, 0.6) is 0 Å². The van der Waals surface area contributed by atoms with Crippen LogP contribution in [-0.4, -0.2) is 45.1 Å². The zero-order chi connectivity index (χ0) is 22.1. The second kappa shape index (κ2) is 8.31. The second-order valence-electron chi connectivity index (χ2n) is 7.52. The van der Waals surface area contributed by atoms with Gasteiger partial charge in [0.05, 0.1) is 33.8 Å². The molecule has 1 N–H and O–H groups in total. The molecule has 0 bridgehead atoms. The highest BCUT2D eigenvalue weighted by Gasteiger charge is 2.23. The number of fused-ring (bicyclic) bond motifs is 1. The maximum Gasteiger partial charge on any atom is 0.254 e. The fourth-order valence-electron chi connectivity index (χ4n) is 3.49. The molecule has 1 aromatic carbocycles. The maximum absolute atomic E-state index is 13.4. The monoisotopic (exact) mass is 433 g/mol. The van der Waals surface area contributed by atoms with Crippen molar-refractivity contribution in [3.63, 3.8) is 0 Å². The lowest BCUT2D eigenvalue weighted by atomic mass is 10.1. The highest BCUT2D eigenvalue weighted by molar-refractivity contribution is 7.13. The third-order valence-corrected chi connectivity index (χ3v) is 5.93. The maximum atomic E-state index is 13.4. The van der Waals surface area contributed by atoms with Crippen molar-refractivity contribution in [3.8, 4) is 10.6 Å². The van der Waals surface area contributed by atoms with Crippen LogP contribution in [0.2, 0.25) is 0 Å². The summed E-state index contributed by atoms with van der Waals surface area (Å²) in [6, 6.07) is 13.2. The number of pyridine rings is 1. The standard InChI is InChI=1S/C23H23N5O2S/c1-14-7-9-16(10-8-14)24-20(29)13-27(3)23(30)17-12-18(19-6-5-11-31-19)25-22-21(17)15(2)26-28(22)4/h5-12H,13H2,1-4H3,(H,24,29). The van der Waals surface area contributed by atoms with E-state index in [-0.39, 0.29) is 18.4 Å². The smallest absolute Gasteiger partial charge is 0.254 e. The summed E-state index contributed by atoms with van der Waals surface area (Å²) in [7, 11) is 3.44. The molecule has 7 nitrogen and oxygen atoms in total. The Morgan fingerprint density at radius 1 is 1.16 bits per heavy atom. The van der Waals surface area contributed by atoms with Crippen LogP contribution >= 0.6 is 11.3 Å². The van der Waals surface area contributed by atoms with Gasteiger partial charge < -0.3 is 10.2 Å². The summed E-state index contributed by atoms with van der Waals surface area (Å²) >= 11 is 1.56. The van der Waals surface area contributed by atoms with Crippen molar-refractivity contribution in [2.24, 2.45) is 7.05 Å². The Labute approximate surface area is 184 Å². The number of anilines is 1. The summed E-state index contributed by atoms with van der Waals surface area (Å²) in [6.07, 6.45) is 0. The molecular weight excluding hydrogens is 410 g/mol. The van der Waals surface area contributed by atoms with Gasteiger partial charge in [0.25, 0.3) is 5.91 Å². The van der Waals surface area contributed by atoms with Gasteiger partial charge in [0, 0.05) is 19.8 Å². The molecule has 3 aromatic heterocycles. The number of benzene rings is 1. The van der Waals surface area contributed by atoms with Gasteiger partial charge in [-0.05, 0) is 43.5 Å². The average molecular weight is 434 g/mol. The molecule has 3 heterocycles. The molecule has 0 atom stereocenters. The van der Waals surface area contributed by atoms with Crippen molar-refractivity contribution in [1.29, 1.82) is 0 Å². The molecule has 158 valence electrons. The third kappa shape index (κ3) is 4.20. The molecule has 0 fully saturated rings. The van der Waals surface area contributed by atoms with E-state index in [9.17, 15) is 9.59 Å². The van der Waals surface area contributed by atoms with E-state index < -0.39 is 0 Å².